The lowest BCUT2D eigenvalue weighted by Gasteiger charge is -2.11. The van der Waals surface area contributed by atoms with Crippen LogP contribution in [0.3, 0.4) is 0 Å². The third-order valence-corrected chi connectivity index (χ3v) is 2.85. The molecule has 0 aliphatic heterocycles. The van der Waals surface area contributed by atoms with Crippen molar-refractivity contribution in [2.75, 3.05) is 0 Å². The molecule has 19 heavy (non-hydrogen) atoms. The topological polar surface area (TPSA) is 26.3 Å². The smallest absolute Gasteiger partial charge is 0.226 e. The van der Waals surface area contributed by atoms with Crippen molar-refractivity contribution in [2.24, 2.45) is 0 Å². The summed E-state index contributed by atoms with van der Waals surface area (Å²) in [5, 5.41) is -0.388. The van der Waals surface area contributed by atoms with E-state index in [4.69, 9.17) is 16.3 Å². The summed E-state index contributed by atoms with van der Waals surface area (Å²) in [6.07, 6.45) is 12.1. The predicted molar refractivity (Wildman–Crippen MR) is 77.2 cm³/mol. The SMILES string of the molecule is O=C(Cl)Cc1ccccc1OC1=C/CC\C=C/C=C\1. The molecule has 0 heterocycles. The molecule has 0 spiro atoms. The maximum absolute atomic E-state index is 11.0. The molecule has 98 valence electrons. The summed E-state index contributed by atoms with van der Waals surface area (Å²) in [6.45, 7) is 0. The molecule has 0 N–H and O–H groups in total. The van der Waals surface area contributed by atoms with E-state index in [1.165, 1.54) is 0 Å². The van der Waals surface area contributed by atoms with Crippen LogP contribution in [0.4, 0.5) is 0 Å². The summed E-state index contributed by atoms with van der Waals surface area (Å²) < 4.78 is 5.85. The molecule has 0 saturated heterocycles. The molecule has 0 unspecified atom stereocenters. The van der Waals surface area contributed by atoms with Crippen LogP contribution in [-0.2, 0) is 11.2 Å². The minimum Gasteiger partial charge on any atom is -0.457 e. The van der Waals surface area contributed by atoms with E-state index in [0.717, 1.165) is 24.2 Å². The molecule has 0 fully saturated rings. The molecule has 3 heteroatoms. The van der Waals surface area contributed by atoms with Crippen LogP contribution in [0.25, 0.3) is 0 Å². The summed E-state index contributed by atoms with van der Waals surface area (Å²) in [7, 11) is 0. The summed E-state index contributed by atoms with van der Waals surface area (Å²) in [4.78, 5) is 11.0. The molecular weight excluding hydrogens is 260 g/mol. The van der Waals surface area contributed by atoms with Gasteiger partial charge in [-0.1, -0.05) is 36.4 Å². The first-order valence-corrected chi connectivity index (χ1v) is 6.61. The van der Waals surface area contributed by atoms with Crippen molar-refractivity contribution in [3.05, 3.63) is 66.0 Å². The van der Waals surface area contributed by atoms with Crippen LogP contribution < -0.4 is 4.74 Å². The Kier molecular flexibility index (Phi) is 4.99. The molecule has 0 aromatic heterocycles. The Bertz CT molecular complexity index is 541. The molecule has 2 rings (SSSR count). The van der Waals surface area contributed by atoms with Gasteiger partial charge in [-0.05, 0) is 42.7 Å². The van der Waals surface area contributed by atoms with E-state index in [2.05, 4.69) is 6.08 Å². The van der Waals surface area contributed by atoms with Crippen LogP contribution in [0.2, 0.25) is 0 Å². The number of para-hydroxylation sites is 1. The maximum Gasteiger partial charge on any atom is 0.226 e. The zero-order valence-corrected chi connectivity index (χ0v) is 11.3. The van der Waals surface area contributed by atoms with Gasteiger partial charge in [-0.2, -0.15) is 0 Å². The fraction of sp³-hybridized carbons (Fsp3) is 0.188. The van der Waals surface area contributed by atoms with Crippen molar-refractivity contribution < 1.29 is 9.53 Å². The predicted octanol–water partition coefficient (Wildman–Crippen LogP) is 4.16. The van der Waals surface area contributed by atoms with Gasteiger partial charge in [0.1, 0.15) is 11.5 Å². The Hall–Kier alpha value is -1.80. The van der Waals surface area contributed by atoms with Crippen LogP contribution in [0.5, 0.6) is 5.75 Å². The normalized spacial score (nSPS) is 20.6. The number of halogens is 1. The Labute approximate surface area is 118 Å². The van der Waals surface area contributed by atoms with Crippen molar-refractivity contribution in [3.8, 4) is 5.75 Å². The average molecular weight is 275 g/mol. The third kappa shape index (κ3) is 4.42. The van der Waals surface area contributed by atoms with Crippen LogP contribution in [0.15, 0.2) is 60.4 Å². The number of allylic oxidation sites excluding steroid dienone is 5. The standard InChI is InChI=1S/C16H15ClO2/c17-16(18)12-13-8-6-7-11-15(13)19-14-9-4-2-1-3-5-10-14/h1-2,4,6-11H,3,5,12H2/b2-1-,9-4-,14-10+. The van der Waals surface area contributed by atoms with Crippen LogP contribution >= 0.6 is 11.6 Å². The largest absolute Gasteiger partial charge is 0.457 e. The molecule has 0 bridgehead atoms. The van der Waals surface area contributed by atoms with Gasteiger partial charge in [-0.25, -0.2) is 0 Å². The second-order valence-electron chi connectivity index (χ2n) is 4.21. The molecule has 0 radical (unpaired) electrons. The van der Waals surface area contributed by atoms with Gasteiger partial charge in [0, 0.05) is 5.56 Å². The van der Waals surface area contributed by atoms with Crippen molar-refractivity contribution >= 4 is 16.8 Å². The first-order chi connectivity index (χ1) is 9.25. The molecule has 2 nitrogen and oxygen atoms in total. The van der Waals surface area contributed by atoms with Crippen LogP contribution in [0.1, 0.15) is 18.4 Å². The van der Waals surface area contributed by atoms with E-state index in [1.807, 2.05) is 48.6 Å². The highest BCUT2D eigenvalue weighted by molar-refractivity contribution is 6.63. The Balaban J connectivity index is 2.18. The molecule has 1 aromatic rings. The number of ether oxygens (including phenoxy) is 1. The monoisotopic (exact) mass is 274 g/mol. The Morgan fingerprint density at radius 1 is 1.21 bits per heavy atom. The molecule has 1 aliphatic carbocycles. The maximum atomic E-state index is 11.0. The minimum absolute atomic E-state index is 0.175. The molecule has 1 aromatic carbocycles. The minimum atomic E-state index is -0.388. The van der Waals surface area contributed by atoms with Gasteiger partial charge in [0.05, 0.1) is 6.42 Å². The lowest BCUT2D eigenvalue weighted by atomic mass is 10.1. The highest BCUT2D eigenvalue weighted by atomic mass is 35.5. The van der Waals surface area contributed by atoms with Crippen molar-refractivity contribution in [3.63, 3.8) is 0 Å². The number of rotatable bonds is 4. The summed E-state index contributed by atoms with van der Waals surface area (Å²) in [5.74, 6) is 1.47. The van der Waals surface area contributed by atoms with Gasteiger partial charge in [0.15, 0.2) is 0 Å². The van der Waals surface area contributed by atoms with E-state index < -0.39 is 0 Å². The number of carbonyl (C=O) groups excluding carboxylic acids is 1. The van der Waals surface area contributed by atoms with Gasteiger partial charge in [0.25, 0.3) is 0 Å². The third-order valence-electron chi connectivity index (χ3n) is 2.72. The summed E-state index contributed by atoms with van der Waals surface area (Å²) in [5.41, 5.74) is 0.800. The average Bonchev–Trinajstić information content (AvgIpc) is 2.34. The summed E-state index contributed by atoms with van der Waals surface area (Å²) >= 11 is 5.44. The van der Waals surface area contributed by atoms with Crippen molar-refractivity contribution in [1.82, 2.24) is 0 Å². The van der Waals surface area contributed by atoms with E-state index in [1.54, 1.807) is 0 Å². The first-order valence-electron chi connectivity index (χ1n) is 6.23. The molecule has 1 aliphatic rings. The quantitative estimate of drug-likeness (QED) is 0.771. The van der Waals surface area contributed by atoms with Crippen LogP contribution in [0, 0.1) is 0 Å². The van der Waals surface area contributed by atoms with Gasteiger partial charge in [-0.15, -0.1) is 0 Å². The van der Waals surface area contributed by atoms with E-state index >= 15 is 0 Å². The molecule has 0 atom stereocenters. The summed E-state index contributed by atoms with van der Waals surface area (Å²) in [6, 6.07) is 7.44. The number of carbonyl (C=O) groups is 1. The van der Waals surface area contributed by atoms with Gasteiger partial charge in [-0.3, -0.25) is 4.79 Å². The molecule has 0 saturated carbocycles. The van der Waals surface area contributed by atoms with Gasteiger partial charge in [0.2, 0.25) is 5.24 Å². The van der Waals surface area contributed by atoms with Gasteiger partial charge < -0.3 is 4.74 Å². The van der Waals surface area contributed by atoms with Crippen molar-refractivity contribution in [1.29, 1.82) is 0 Å². The Morgan fingerprint density at radius 3 is 2.89 bits per heavy atom. The van der Waals surface area contributed by atoms with Crippen molar-refractivity contribution in [2.45, 2.75) is 19.3 Å². The first kappa shape index (κ1) is 13.6. The zero-order chi connectivity index (χ0) is 13.5. The second-order valence-corrected chi connectivity index (χ2v) is 4.63. The van der Waals surface area contributed by atoms with E-state index in [0.29, 0.717) is 5.75 Å². The van der Waals surface area contributed by atoms with E-state index in [-0.39, 0.29) is 11.7 Å². The Morgan fingerprint density at radius 2 is 2.05 bits per heavy atom. The lowest BCUT2D eigenvalue weighted by molar-refractivity contribution is -0.111. The number of benzene rings is 1. The molecular formula is C16H15ClO2. The van der Waals surface area contributed by atoms with Crippen LogP contribution in [-0.4, -0.2) is 5.24 Å². The zero-order valence-electron chi connectivity index (χ0n) is 10.5. The highest BCUT2D eigenvalue weighted by Gasteiger charge is 2.08. The lowest BCUT2D eigenvalue weighted by Crippen LogP contribution is -2.00. The number of hydrogen-bond acceptors (Lipinski definition) is 2. The second kappa shape index (κ2) is 6.95. The van der Waals surface area contributed by atoms with E-state index in [9.17, 15) is 4.79 Å². The number of hydrogen-bond donors (Lipinski definition) is 0. The fourth-order valence-corrected chi connectivity index (χ4v) is 1.96. The van der Waals surface area contributed by atoms with Gasteiger partial charge >= 0.3 is 0 Å². The highest BCUT2D eigenvalue weighted by Crippen LogP contribution is 2.22. The molecule has 0 amide bonds. The fourth-order valence-electron chi connectivity index (χ4n) is 1.82.